The number of hydrogen-bond donors (Lipinski definition) is 2. The number of fused-ring (bicyclic) bond motifs is 1. The van der Waals surface area contributed by atoms with Crippen LogP contribution in [0.3, 0.4) is 0 Å². The Morgan fingerprint density at radius 3 is 2.85 bits per heavy atom. The summed E-state index contributed by atoms with van der Waals surface area (Å²) < 4.78 is 1.13. The zero-order chi connectivity index (χ0) is 18.8. The maximum Gasteiger partial charge on any atom is 0.286 e. The van der Waals surface area contributed by atoms with Gasteiger partial charge >= 0.3 is 0 Å². The molecular weight excluding hydrogens is 348 g/mol. The Bertz CT molecular complexity index is 1020. The number of carbonyl (C=O) groups excluding carboxylic acids is 1. The van der Waals surface area contributed by atoms with Gasteiger partial charge < -0.3 is 15.1 Å². The number of carbonyl (C=O) groups is 1. The molecule has 1 fully saturated rings. The van der Waals surface area contributed by atoms with Crippen molar-refractivity contribution in [2.24, 2.45) is 0 Å². The molecule has 10 heteroatoms. The summed E-state index contributed by atoms with van der Waals surface area (Å²) in [6.07, 6.45) is 4.35. The summed E-state index contributed by atoms with van der Waals surface area (Å²) in [4.78, 5) is 41.7. The number of amides is 1. The van der Waals surface area contributed by atoms with Gasteiger partial charge in [-0.15, -0.1) is 0 Å². The Morgan fingerprint density at radius 1 is 1.22 bits per heavy atom. The number of nitrogens with one attached hydrogen (secondary N) is 2. The van der Waals surface area contributed by atoms with Crippen molar-refractivity contribution in [3.63, 3.8) is 0 Å². The number of nitrogens with zero attached hydrogens (tertiary/aromatic N) is 6. The quantitative estimate of drug-likeness (QED) is 0.638. The molecule has 4 rings (SSSR count). The van der Waals surface area contributed by atoms with E-state index in [-0.39, 0.29) is 17.9 Å². The van der Waals surface area contributed by atoms with Crippen LogP contribution >= 0.6 is 0 Å². The number of anilines is 1. The maximum atomic E-state index is 12.5. The van der Waals surface area contributed by atoms with Crippen LogP contribution in [0.4, 0.5) is 5.82 Å². The molecule has 10 nitrogen and oxygen atoms in total. The molecule has 0 saturated carbocycles. The largest absolute Gasteiger partial charge is 0.354 e. The molecule has 1 aliphatic rings. The van der Waals surface area contributed by atoms with E-state index < -0.39 is 11.5 Å². The smallest absolute Gasteiger partial charge is 0.286 e. The fourth-order valence-corrected chi connectivity index (χ4v) is 3.10. The molecule has 0 aliphatic carbocycles. The van der Waals surface area contributed by atoms with Crippen molar-refractivity contribution >= 4 is 17.5 Å². The summed E-state index contributed by atoms with van der Waals surface area (Å²) in [7, 11) is 2.10. The van der Waals surface area contributed by atoms with Gasteiger partial charge in [0.15, 0.2) is 0 Å². The number of piperazine rings is 1. The predicted octanol–water partition coefficient (Wildman–Crippen LogP) is -0.506. The highest BCUT2D eigenvalue weighted by Gasteiger charge is 2.19. The van der Waals surface area contributed by atoms with E-state index in [1.807, 2.05) is 12.1 Å². The van der Waals surface area contributed by atoms with Crippen LogP contribution in [0.2, 0.25) is 0 Å². The fraction of sp³-hybridized carbons (Fsp3) is 0.353. The Kier molecular flexibility index (Phi) is 4.55. The van der Waals surface area contributed by atoms with Crippen molar-refractivity contribution in [1.82, 2.24) is 34.8 Å². The van der Waals surface area contributed by atoms with Crippen molar-refractivity contribution in [2.45, 2.75) is 6.54 Å². The molecule has 3 aromatic rings. The van der Waals surface area contributed by atoms with Crippen LogP contribution in [0.25, 0.3) is 5.78 Å². The Balaban J connectivity index is 1.51. The van der Waals surface area contributed by atoms with E-state index in [4.69, 9.17) is 0 Å². The van der Waals surface area contributed by atoms with Crippen LogP contribution in [-0.4, -0.2) is 68.6 Å². The Labute approximate surface area is 154 Å². The lowest BCUT2D eigenvalue weighted by Gasteiger charge is -2.34. The summed E-state index contributed by atoms with van der Waals surface area (Å²) >= 11 is 0. The lowest BCUT2D eigenvalue weighted by atomic mass is 10.2. The van der Waals surface area contributed by atoms with E-state index in [0.717, 1.165) is 42.1 Å². The van der Waals surface area contributed by atoms with Gasteiger partial charge in [-0.1, -0.05) is 6.07 Å². The fourth-order valence-electron chi connectivity index (χ4n) is 3.10. The van der Waals surface area contributed by atoms with Gasteiger partial charge in [0.1, 0.15) is 17.7 Å². The number of hydrogen-bond acceptors (Lipinski definition) is 7. The first kappa shape index (κ1) is 17.2. The predicted molar refractivity (Wildman–Crippen MR) is 98.7 cm³/mol. The third-order valence-corrected chi connectivity index (χ3v) is 4.66. The zero-order valence-electron chi connectivity index (χ0n) is 14.9. The van der Waals surface area contributed by atoms with E-state index in [9.17, 15) is 9.59 Å². The van der Waals surface area contributed by atoms with Gasteiger partial charge in [-0.3, -0.25) is 14.7 Å². The van der Waals surface area contributed by atoms with E-state index in [1.54, 1.807) is 6.20 Å². The van der Waals surface area contributed by atoms with E-state index in [0.29, 0.717) is 0 Å². The number of pyridine rings is 1. The third kappa shape index (κ3) is 3.38. The number of likely N-dealkylation sites (N-methyl/N-ethyl adjacent to an activating group) is 1. The molecule has 4 heterocycles. The molecule has 0 bridgehead atoms. The highest BCUT2D eigenvalue weighted by molar-refractivity contribution is 5.93. The normalized spacial score (nSPS) is 15.2. The highest BCUT2D eigenvalue weighted by atomic mass is 16.2. The van der Waals surface area contributed by atoms with Gasteiger partial charge in [0.2, 0.25) is 0 Å². The second-order valence-corrected chi connectivity index (χ2v) is 6.46. The summed E-state index contributed by atoms with van der Waals surface area (Å²) in [6, 6.07) is 3.78. The molecule has 1 amide bonds. The minimum absolute atomic E-state index is 0.0400. The van der Waals surface area contributed by atoms with Gasteiger partial charge in [0.05, 0.1) is 0 Å². The number of H-pyrrole nitrogens is 1. The van der Waals surface area contributed by atoms with E-state index >= 15 is 0 Å². The molecule has 0 radical (unpaired) electrons. The molecule has 0 unspecified atom stereocenters. The molecule has 140 valence electrons. The van der Waals surface area contributed by atoms with Crippen molar-refractivity contribution in [1.29, 1.82) is 0 Å². The first-order valence-corrected chi connectivity index (χ1v) is 8.70. The average Bonchev–Trinajstić information content (AvgIpc) is 3.17. The molecule has 0 aromatic carbocycles. The van der Waals surface area contributed by atoms with E-state index in [2.05, 4.69) is 42.2 Å². The van der Waals surface area contributed by atoms with Crippen LogP contribution in [0.1, 0.15) is 15.9 Å². The number of aromatic nitrogens is 5. The first-order valence-electron chi connectivity index (χ1n) is 8.70. The van der Waals surface area contributed by atoms with Crippen molar-refractivity contribution in [2.75, 3.05) is 38.1 Å². The van der Waals surface area contributed by atoms with Crippen LogP contribution in [0.5, 0.6) is 0 Å². The molecule has 2 N–H and O–H groups in total. The summed E-state index contributed by atoms with van der Waals surface area (Å²) in [6.45, 7) is 3.98. The third-order valence-electron chi connectivity index (χ3n) is 4.66. The molecule has 0 spiro atoms. The second-order valence-electron chi connectivity index (χ2n) is 6.46. The van der Waals surface area contributed by atoms with Gasteiger partial charge in [0.25, 0.3) is 17.2 Å². The van der Waals surface area contributed by atoms with Gasteiger partial charge in [-0.2, -0.15) is 4.52 Å². The average molecular weight is 368 g/mol. The minimum Gasteiger partial charge on any atom is -0.354 e. The lowest BCUT2D eigenvalue weighted by molar-refractivity contribution is 0.0948. The van der Waals surface area contributed by atoms with E-state index in [1.165, 1.54) is 12.5 Å². The zero-order valence-corrected chi connectivity index (χ0v) is 14.9. The summed E-state index contributed by atoms with van der Waals surface area (Å²) in [5.74, 6) is 0.607. The van der Waals surface area contributed by atoms with Crippen LogP contribution in [0.15, 0.2) is 35.6 Å². The Hall–Kier alpha value is -3.27. The first-order chi connectivity index (χ1) is 13.1. The van der Waals surface area contributed by atoms with Crippen molar-refractivity contribution < 1.29 is 4.79 Å². The van der Waals surface area contributed by atoms with Crippen molar-refractivity contribution in [3.8, 4) is 0 Å². The van der Waals surface area contributed by atoms with Gasteiger partial charge in [-0.05, 0) is 13.1 Å². The molecule has 1 aliphatic heterocycles. The lowest BCUT2D eigenvalue weighted by Crippen LogP contribution is -2.45. The minimum atomic E-state index is -0.486. The highest BCUT2D eigenvalue weighted by Crippen LogP contribution is 2.18. The number of rotatable bonds is 4. The molecule has 3 aromatic heterocycles. The second kappa shape index (κ2) is 7.16. The van der Waals surface area contributed by atoms with Crippen molar-refractivity contribution in [3.05, 3.63) is 52.3 Å². The van der Waals surface area contributed by atoms with Crippen LogP contribution < -0.4 is 15.8 Å². The number of aromatic amines is 1. The topological polar surface area (TPSA) is 112 Å². The molecule has 1 saturated heterocycles. The van der Waals surface area contributed by atoms with Crippen LogP contribution in [0, 0.1) is 0 Å². The Morgan fingerprint density at radius 2 is 2.04 bits per heavy atom. The van der Waals surface area contributed by atoms with Gasteiger partial charge in [0, 0.05) is 50.7 Å². The molecule has 0 atom stereocenters. The standard InChI is InChI=1S/C17H20N8O2/c1-23-5-7-24(8-6-23)14-12(3-2-4-18-14)9-19-15(26)13-10-20-17-21-11-22-25(17)16(13)27/h2-4,10-11H,5-9H2,1H3,(H,19,26)(H,20,21,22). The monoisotopic (exact) mass is 368 g/mol. The molecular formula is C17H20N8O2. The van der Waals surface area contributed by atoms with Crippen LogP contribution in [-0.2, 0) is 6.54 Å². The van der Waals surface area contributed by atoms with Gasteiger partial charge in [-0.25, -0.2) is 15.0 Å². The summed E-state index contributed by atoms with van der Waals surface area (Å²) in [5, 5.41) is 5.44. The maximum absolute atomic E-state index is 12.5. The molecule has 27 heavy (non-hydrogen) atoms. The SMILES string of the molecule is CN1CCN(c2ncccc2CNC(=O)c2cnc3nc[nH]n3c2=O)CC1. The summed E-state index contributed by atoms with van der Waals surface area (Å²) in [5.41, 5.74) is 0.383.